The van der Waals surface area contributed by atoms with Gasteiger partial charge in [-0.2, -0.15) is 5.06 Å². The summed E-state index contributed by atoms with van der Waals surface area (Å²) in [4.78, 5) is 0. The van der Waals surface area contributed by atoms with Crippen LogP contribution in [0, 0.1) is 5.92 Å². The summed E-state index contributed by atoms with van der Waals surface area (Å²) < 4.78 is 0. The molecule has 3 unspecified atom stereocenters. The number of nitrogens with zero attached hydrogens (tertiary/aromatic N) is 1. The molecule has 1 rings (SSSR count). The fourth-order valence-corrected chi connectivity index (χ4v) is 1.58. The number of aliphatic hydroxyl groups is 1. The standard InChI is InChI=1S/C8H18N2O2.2ClH/c1-6(10(2)12)8(11)7-3-4-9-5-7;;/h6-9,11-12H,3-5H2,1-2H3;2*1H. The lowest BCUT2D eigenvalue weighted by atomic mass is 9.96. The summed E-state index contributed by atoms with van der Waals surface area (Å²) in [6, 6.07) is -0.185. The number of halogens is 2. The van der Waals surface area contributed by atoms with E-state index in [0.717, 1.165) is 24.6 Å². The van der Waals surface area contributed by atoms with Gasteiger partial charge in [-0.15, -0.1) is 24.8 Å². The molecule has 14 heavy (non-hydrogen) atoms. The Balaban J connectivity index is 0. The highest BCUT2D eigenvalue weighted by Gasteiger charge is 2.28. The molecule has 0 aromatic carbocycles. The van der Waals surface area contributed by atoms with Crippen LogP contribution in [0.25, 0.3) is 0 Å². The van der Waals surface area contributed by atoms with Gasteiger partial charge >= 0.3 is 0 Å². The van der Waals surface area contributed by atoms with E-state index >= 15 is 0 Å². The van der Waals surface area contributed by atoms with Gasteiger partial charge in [-0.3, -0.25) is 0 Å². The maximum absolute atomic E-state index is 9.75. The van der Waals surface area contributed by atoms with Crippen LogP contribution < -0.4 is 5.32 Å². The average Bonchev–Trinajstić information content (AvgIpc) is 2.53. The van der Waals surface area contributed by atoms with E-state index in [9.17, 15) is 5.11 Å². The molecule has 1 fully saturated rings. The number of aliphatic hydroxyl groups excluding tert-OH is 1. The Morgan fingerprint density at radius 2 is 2.00 bits per heavy atom. The van der Waals surface area contributed by atoms with Crippen LogP contribution in [0.2, 0.25) is 0 Å². The van der Waals surface area contributed by atoms with Crippen molar-refractivity contribution >= 4 is 24.8 Å². The Labute approximate surface area is 97.4 Å². The molecule has 0 spiro atoms. The molecule has 1 aliphatic rings. The van der Waals surface area contributed by atoms with E-state index < -0.39 is 6.10 Å². The van der Waals surface area contributed by atoms with Crippen LogP contribution in [0.15, 0.2) is 0 Å². The average molecular weight is 247 g/mol. The van der Waals surface area contributed by atoms with Gasteiger partial charge in [0.05, 0.1) is 12.1 Å². The molecule has 0 bridgehead atoms. The van der Waals surface area contributed by atoms with Crippen molar-refractivity contribution in [3.8, 4) is 0 Å². The number of likely N-dealkylation sites (N-methyl/N-ethyl adjacent to an activating group) is 1. The fraction of sp³-hybridized carbons (Fsp3) is 1.00. The molecule has 1 saturated heterocycles. The van der Waals surface area contributed by atoms with Crippen LogP contribution in [0.5, 0.6) is 0 Å². The second-order valence-corrected chi connectivity index (χ2v) is 3.56. The second kappa shape index (κ2) is 7.68. The van der Waals surface area contributed by atoms with Crippen molar-refractivity contribution in [2.24, 2.45) is 5.92 Å². The molecule has 4 nitrogen and oxygen atoms in total. The highest BCUT2D eigenvalue weighted by molar-refractivity contribution is 5.85. The van der Waals surface area contributed by atoms with Crippen molar-refractivity contribution in [3.05, 3.63) is 0 Å². The van der Waals surface area contributed by atoms with Crippen molar-refractivity contribution in [2.45, 2.75) is 25.5 Å². The van der Waals surface area contributed by atoms with Gasteiger partial charge in [0.15, 0.2) is 0 Å². The van der Waals surface area contributed by atoms with Crippen LogP contribution >= 0.6 is 24.8 Å². The van der Waals surface area contributed by atoms with Gasteiger partial charge in [0, 0.05) is 19.5 Å². The van der Waals surface area contributed by atoms with E-state index in [1.807, 2.05) is 6.92 Å². The first-order chi connectivity index (χ1) is 5.63. The van der Waals surface area contributed by atoms with E-state index in [1.54, 1.807) is 7.05 Å². The summed E-state index contributed by atoms with van der Waals surface area (Å²) in [6.07, 6.45) is 0.564. The molecule has 3 atom stereocenters. The van der Waals surface area contributed by atoms with Crippen molar-refractivity contribution in [2.75, 3.05) is 20.1 Å². The number of rotatable bonds is 3. The third kappa shape index (κ3) is 4.29. The molecule has 0 radical (unpaired) electrons. The smallest absolute Gasteiger partial charge is 0.0756 e. The maximum Gasteiger partial charge on any atom is 0.0756 e. The van der Waals surface area contributed by atoms with Crippen LogP contribution in [-0.2, 0) is 0 Å². The molecular weight excluding hydrogens is 227 g/mol. The molecule has 6 heteroatoms. The molecule has 0 saturated carbocycles. The molecule has 88 valence electrons. The van der Waals surface area contributed by atoms with E-state index in [0.29, 0.717) is 0 Å². The number of nitrogens with one attached hydrogen (secondary N) is 1. The molecule has 1 aliphatic heterocycles. The van der Waals surface area contributed by atoms with E-state index in [1.165, 1.54) is 0 Å². The Morgan fingerprint density at radius 3 is 2.36 bits per heavy atom. The first kappa shape index (κ1) is 16.8. The van der Waals surface area contributed by atoms with Gasteiger partial charge in [-0.1, -0.05) is 0 Å². The van der Waals surface area contributed by atoms with Crippen LogP contribution in [0.4, 0.5) is 0 Å². The van der Waals surface area contributed by atoms with E-state index in [4.69, 9.17) is 5.21 Å². The van der Waals surface area contributed by atoms with Crippen LogP contribution in [0.1, 0.15) is 13.3 Å². The highest BCUT2D eigenvalue weighted by Crippen LogP contribution is 2.17. The Hall–Kier alpha value is 0.420. The minimum Gasteiger partial charge on any atom is -0.391 e. The third-order valence-corrected chi connectivity index (χ3v) is 2.67. The lowest BCUT2D eigenvalue weighted by molar-refractivity contribution is -0.136. The predicted octanol–water partition coefficient (Wildman–Crippen LogP) is 0.510. The Bertz CT molecular complexity index is 141. The first-order valence-corrected chi connectivity index (χ1v) is 4.43. The van der Waals surface area contributed by atoms with Gasteiger partial charge in [0.1, 0.15) is 0 Å². The van der Waals surface area contributed by atoms with Gasteiger partial charge in [-0.05, 0) is 19.9 Å². The molecule has 0 aromatic rings. The summed E-state index contributed by atoms with van der Waals surface area (Å²) in [7, 11) is 1.57. The normalized spacial score (nSPS) is 25.1. The first-order valence-electron chi connectivity index (χ1n) is 4.43. The molecule has 1 heterocycles. The van der Waals surface area contributed by atoms with Gasteiger partial charge in [0.2, 0.25) is 0 Å². The molecule has 3 N–H and O–H groups in total. The van der Waals surface area contributed by atoms with Crippen LogP contribution in [0.3, 0.4) is 0 Å². The zero-order valence-corrected chi connectivity index (χ0v) is 10.1. The summed E-state index contributed by atoms with van der Waals surface area (Å²) in [5, 5.41) is 23.1. The summed E-state index contributed by atoms with van der Waals surface area (Å²) >= 11 is 0. The molecule has 0 aromatic heterocycles. The predicted molar refractivity (Wildman–Crippen MR) is 60.5 cm³/mol. The largest absolute Gasteiger partial charge is 0.391 e. The van der Waals surface area contributed by atoms with Crippen LogP contribution in [-0.4, -0.2) is 47.7 Å². The minimum absolute atomic E-state index is 0. The quantitative estimate of drug-likeness (QED) is 0.636. The third-order valence-electron chi connectivity index (χ3n) is 2.67. The zero-order valence-electron chi connectivity index (χ0n) is 8.51. The number of hydroxylamine groups is 2. The maximum atomic E-state index is 9.75. The fourth-order valence-electron chi connectivity index (χ4n) is 1.58. The lowest BCUT2D eigenvalue weighted by Crippen LogP contribution is -2.41. The lowest BCUT2D eigenvalue weighted by Gasteiger charge is -2.27. The topological polar surface area (TPSA) is 55.7 Å². The zero-order chi connectivity index (χ0) is 9.14. The molecule has 0 aliphatic carbocycles. The van der Waals surface area contributed by atoms with Gasteiger partial charge < -0.3 is 15.6 Å². The summed E-state index contributed by atoms with van der Waals surface area (Å²) in [6.45, 7) is 3.66. The van der Waals surface area contributed by atoms with E-state index in [2.05, 4.69) is 5.32 Å². The van der Waals surface area contributed by atoms with Gasteiger partial charge in [-0.25, -0.2) is 0 Å². The van der Waals surface area contributed by atoms with E-state index in [-0.39, 0.29) is 36.8 Å². The Morgan fingerprint density at radius 1 is 1.43 bits per heavy atom. The van der Waals surface area contributed by atoms with Crippen molar-refractivity contribution in [3.63, 3.8) is 0 Å². The summed E-state index contributed by atoms with van der Waals surface area (Å²) in [5.74, 6) is 0.287. The molecular formula is C8H20Cl2N2O2. The van der Waals surface area contributed by atoms with Crippen molar-refractivity contribution in [1.29, 1.82) is 0 Å². The summed E-state index contributed by atoms with van der Waals surface area (Å²) in [5.41, 5.74) is 0. The van der Waals surface area contributed by atoms with Crippen molar-refractivity contribution < 1.29 is 10.3 Å². The van der Waals surface area contributed by atoms with Gasteiger partial charge in [0.25, 0.3) is 0 Å². The Kier molecular flexibility index (Phi) is 9.23. The minimum atomic E-state index is -0.435. The highest BCUT2D eigenvalue weighted by atomic mass is 35.5. The SMILES string of the molecule is CC(C(O)C1CCNC1)N(C)O.Cl.Cl. The molecule has 0 amide bonds. The monoisotopic (exact) mass is 246 g/mol. The number of hydrogen-bond donors (Lipinski definition) is 3. The number of hydrogen-bond acceptors (Lipinski definition) is 4. The van der Waals surface area contributed by atoms with Crippen molar-refractivity contribution in [1.82, 2.24) is 10.4 Å². The second-order valence-electron chi connectivity index (χ2n) is 3.56.